The van der Waals surface area contributed by atoms with E-state index in [2.05, 4.69) is 0 Å². The van der Waals surface area contributed by atoms with Gasteiger partial charge in [0.05, 0.1) is 17.1 Å². The molecule has 0 atom stereocenters. The number of nitrogens with zero attached hydrogens (tertiary/aromatic N) is 4. The van der Waals surface area contributed by atoms with E-state index < -0.39 is 15.8 Å². The lowest BCUT2D eigenvalue weighted by molar-refractivity contribution is 0.0984. The van der Waals surface area contributed by atoms with Crippen molar-refractivity contribution in [2.24, 2.45) is 7.05 Å². The van der Waals surface area contributed by atoms with Crippen molar-refractivity contribution in [3.63, 3.8) is 0 Å². The zero-order valence-corrected chi connectivity index (χ0v) is 21.5. The van der Waals surface area contributed by atoms with Crippen molar-refractivity contribution < 1.29 is 17.6 Å². The molecule has 190 valence electrons. The zero-order valence-electron chi connectivity index (χ0n) is 20.6. The number of fused-ring (bicyclic) bond motifs is 1. The minimum absolute atomic E-state index is 0.141. The smallest absolute Gasteiger partial charge is 0.258 e. The lowest BCUT2D eigenvalue weighted by Gasteiger charge is -2.28. The summed E-state index contributed by atoms with van der Waals surface area (Å²) in [5.74, 6) is -0.720. The van der Waals surface area contributed by atoms with Crippen molar-refractivity contribution >= 4 is 21.6 Å². The Hall–Kier alpha value is -3.82. The van der Waals surface area contributed by atoms with Crippen LogP contribution in [-0.2, 0) is 36.6 Å². The van der Waals surface area contributed by atoms with Crippen LogP contribution in [0.15, 0.2) is 83.8 Å². The van der Waals surface area contributed by atoms with Gasteiger partial charge in [0.15, 0.2) is 0 Å². The molecule has 3 aromatic carbocycles. The first-order valence-corrected chi connectivity index (χ1v) is 13.4. The van der Waals surface area contributed by atoms with Gasteiger partial charge >= 0.3 is 0 Å². The molecule has 0 aliphatic carbocycles. The topological polar surface area (TPSA) is 75.5 Å². The summed E-state index contributed by atoms with van der Waals surface area (Å²) in [6.07, 6.45) is 0.515. The lowest BCUT2D eigenvalue weighted by Crippen LogP contribution is -2.37. The normalized spacial score (nSPS) is 13.8. The summed E-state index contributed by atoms with van der Waals surface area (Å²) in [5.41, 5.74) is 4.09. The van der Waals surface area contributed by atoms with Crippen LogP contribution >= 0.6 is 0 Å². The number of anilines is 1. The highest BCUT2D eigenvalue weighted by molar-refractivity contribution is 7.89. The van der Waals surface area contributed by atoms with Gasteiger partial charge in [-0.25, -0.2) is 12.8 Å². The largest absolute Gasteiger partial charge is 0.302 e. The molecule has 0 fully saturated rings. The molecule has 0 spiro atoms. The maximum atomic E-state index is 13.5. The van der Waals surface area contributed by atoms with Crippen molar-refractivity contribution in [3.05, 3.63) is 113 Å². The Kier molecular flexibility index (Phi) is 6.66. The number of para-hydroxylation sites is 1. The number of aromatic nitrogens is 2. The van der Waals surface area contributed by atoms with E-state index in [0.29, 0.717) is 40.4 Å². The minimum Gasteiger partial charge on any atom is -0.302 e. The summed E-state index contributed by atoms with van der Waals surface area (Å²) in [6, 6.07) is 21.6. The van der Waals surface area contributed by atoms with Crippen molar-refractivity contribution in [1.82, 2.24) is 14.1 Å². The Morgan fingerprint density at radius 3 is 2.38 bits per heavy atom. The molecule has 0 saturated carbocycles. The van der Waals surface area contributed by atoms with Gasteiger partial charge in [-0.1, -0.05) is 36.4 Å². The number of carbonyl (C=O) groups is 1. The predicted molar refractivity (Wildman–Crippen MR) is 139 cm³/mol. The van der Waals surface area contributed by atoms with Gasteiger partial charge < -0.3 is 4.90 Å². The van der Waals surface area contributed by atoms with Gasteiger partial charge in [0, 0.05) is 49.1 Å². The van der Waals surface area contributed by atoms with Crippen LogP contribution in [0.2, 0.25) is 0 Å². The van der Waals surface area contributed by atoms with Gasteiger partial charge in [-0.3, -0.25) is 9.48 Å². The van der Waals surface area contributed by atoms with Gasteiger partial charge in [-0.15, -0.1) is 0 Å². The summed E-state index contributed by atoms with van der Waals surface area (Å²) >= 11 is 0. The second kappa shape index (κ2) is 9.91. The number of sulfonamides is 1. The van der Waals surface area contributed by atoms with Gasteiger partial charge in [0.1, 0.15) is 5.82 Å². The molecule has 37 heavy (non-hydrogen) atoms. The first-order valence-electron chi connectivity index (χ1n) is 12.0. The van der Waals surface area contributed by atoms with E-state index in [-0.39, 0.29) is 19.0 Å². The Labute approximate surface area is 215 Å². The predicted octanol–water partition coefficient (Wildman–Crippen LogP) is 4.46. The average Bonchev–Trinajstić information content (AvgIpc) is 3.22. The van der Waals surface area contributed by atoms with E-state index in [1.165, 1.54) is 28.6 Å². The summed E-state index contributed by atoms with van der Waals surface area (Å²) in [5, 5.41) is 4.70. The van der Waals surface area contributed by atoms with Crippen LogP contribution in [0, 0.1) is 12.7 Å². The summed E-state index contributed by atoms with van der Waals surface area (Å²) in [4.78, 5) is 15.4. The number of benzene rings is 3. The van der Waals surface area contributed by atoms with Crippen LogP contribution in [0.4, 0.5) is 10.1 Å². The van der Waals surface area contributed by atoms with Crippen molar-refractivity contribution in [2.75, 3.05) is 11.4 Å². The van der Waals surface area contributed by atoms with Crippen LogP contribution in [0.1, 0.15) is 32.9 Å². The fourth-order valence-corrected chi connectivity index (χ4v) is 6.38. The third-order valence-corrected chi connectivity index (χ3v) is 8.72. The number of amides is 1. The highest BCUT2D eigenvalue weighted by atomic mass is 32.2. The molecule has 0 N–H and O–H groups in total. The molecule has 0 radical (unpaired) electrons. The molecule has 0 saturated heterocycles. The number of rotatable bonds is 6. The molecule has 1 aliphatic rings. The van der Waals surface area contributed by atoms with E-state index in [1.54, 1.807) is 34.7 Å². The number of carbonyl (C=O) groups excluding carboxylic acids is 1. The van der Waals surface area contributed by atoms with Crippen LogP contribution in [-0.4, -0.2) is 35.0 Å². The Morgan fingerprint density at radius 1 is 1.00 bits per heavy atom. The molecule has 1 amide bonds. The quantitative estimate of drug-likeness (QED) is 0.378. The number of hydrogen-bond acceptors (Lipinski definition) is 4. The average molecular weight is 519 g/mol. The molecule has 0 bridgehead atoms. The molecule has 2 heterocycles. The standard InChI is InChI=1S/C28H27FN4O3S/c1-20-8-6-7-11-27(20)37(35,36)32-17-16-26-24(18-32)25(30-31(26)2)19-33(23-9-4-3-5-10-23)28(34)21-12-14-22(29)15-13-21/h3-15H,16-19H2,1-2H3. The summed E-state index contributed by atoms with van der Waals surface area (Å²) < 4.78 is 43.8. The van der Waals surface area contributed by atoms with E-state index in [1.807, 2.05) is 43.4 Å². The Morgan fingerprint density at radius 2 is 1.68 bits per heavy atom. The van der Waals surface area contributed by atoms with Crippen LogP contribution in [0.25, 0.3) is 0 Å². The lowest BCUT2D eigenvalue weighted by atomic mass is 10.1. The van der Waals surface area contributed by atoms with Crippen LogP contribution in [0.5, 0.6) is 0 Å². The zero-order chi connectivity index (χ0) is 26.2. The fourth-order valence-electron chi connectivity index (χ4n) is 4.75. The molecular weight excluding hydrogens is 491 g/mol. The maximum absolute atomic E-state index is 13.5. The summed E-state index contributed by atoms with van der Waals surface area (Å²) in [6.45, 7) is 2.44. The first-order chi connectivity index (χ1) is 17.8. The SMILES string of the molecule is Cc1ccccc1S(=O)(=O)N1CCc2c(c(CN(C(=O)c3ccc(F)cc3)c3ccccc3)nn2C)C1. The molecule has 1 aliphatic heterocycles. The van der Waals surface area contributed by atoms with E-state index >= 15 is 0 Å². The third kappa shape index (κ3) is 4.80. The van der Waals surface area contributed by atoms with Crippen molar-refractivity contribution in [2.45, 2.75) is 31.3 Å². The maximum Gasteiger partial charge on any atom is 0.258 e. The molecule has 1 aromatic heterocycles. The Bertz CT molecular complexity index is 1550. The van der Waals surface area contributed by atoms with Crippen LogP contribution in [0.3, 0.4) is 0 Å². The minimum atomic E-state index is -3.71. The molecule has 5 rings (SSSR count). The molecule has 9 heteroatoms. The fraction of sp³-hybridized carbons (Fsp3) is 0.214. The van der Waals surface area contributed by atoms with E-state index in [9.17, 15) is 17.6 Å². The van der Waals surface area contributed by atoms with Gasteiger partial charge in [-0.2, -0.15) is 9.40 Å². The highest BCUT2D eigenvalue weighted by Gasteiger charge is 2.33. The van der Waals surface area contributed by atoms with Gasteiger partial charge in [-0.05, 0) is 55.0 Å². The number of halogens is 1. The van der Waals surface area contributed by atoms with E-state index in [0.717, 1.165) is 11.3 Å². The van der Waals surface area contributed by atoms with E-state index in [4.69, 9.17) is 5.10 Å². The van der Waals surface area contributed by atoms with Gasteiger partial charge in [0.25, 0.3) is 5.91 Å². The summed E-state index contributed by atoms with van der Waals surface area (Å²) in [7, 11) is -1.87. The molecule has 4 aromatic rings. The van der Waals surface area contributed by atoms with Crippen molar-refractivity contribution in [3.8, 4) is 0 Å². The Balaban J connectivity index is 1.50. The van der Waals surface area contributed by atoms with Crippen LogP contribution < -0.4 is 4.90 Å². The number of aryl methyl sites for hydroxylation is 2. The number of hydrogen-bond donors (Lipinski definition) is 0. The highest BCUT2D eigenvalue weighted by Crippen LogP contribution is 2.30. The second-order valence-electron chi connectivity index (χ2n) is 9.08. The second-order valence-corrected chi connectivity index (χ2v) is 11.0. The first kappa shape index (κ1) is 24.9. The molecule has 7 nitrogen and oxygen atoms in total. The molecule has 0 unspecified atom stereocenters. The third-order valence-electron chi connectivity index (χ3n) is 6.71. The van der Waals surface area contributed by atoms with Crippen molar-refractivity contribution in [1.29, 1.82) is 0 Å². The van der Waals surface area contributed by atoms with Gasteiger partial charge in [0.2, 0.25) is 10.0 Å². The monoisotopic (exact) mass is 518 g/mol. The molecular formula is C28H27FN4O3S.